The third-order valence-electron chi connectivity index (χ3n) is 5.57. The first-order valence-electron chi connectivity index (χ1n) is 9.72. The number of nitrogens with zero attached hydrogens (tertiary/aromatic N) is 4. The third-order valence-corrected chi connectivity index (χ3v) is 5.57. The van der Waals surface area contributed by atoms with E-state index in [4.69, 9.17) is 10.5 Å². The molecule has 0 spiro atoms. The summed E-state index contributed by atoms with van der Waals surface area (Å²) in [6, 6.07) is 2.84. The summed E-state index contributed by atoms with van der Waals surface area (Å²) in [5.41, 5.74) is 7.34. The highest BCUT2D eigenvalue weighted by Gasteiger charge is 2.38. The molecule has 0 saturated carbocycles. The molecule has 1 fully saturated rings. The Morgan fingerprint density at radius 2 is 1.83 bits per heavy atom. The number of rotatable bonds is 3. The van der Waals surface area contributed by atoms with Crippen LogP contribution in [0.3, 0.4) is 0 Å². The minimum atomic E-state index is -4.53. The maximum atomic E-state index is 13.9. The standard InChI is InChI=1S/C21H24F3N5O/c1-13-11-29-12-15(9-17(30-3)19(29)27-13)14-8-16(21(22,23)24)18(26-10-14)28-6-4-20(2,25)5-7-28/h8-12H,4-7,25H2,1-3H3. The Morgan fingerprint density at radius 3 is 2.47 bits per heavy atom. The summed E-state index contributed by atoms with van der Waals surface area (Å²) >= 11 is 0. The van der Waals surface area contributed by atoms with Crippen molar-refractivity contribution >= 4 is 11.5 Å². The van der Waals surface area contributed by atoms with Crippen LogP contribution in [0.25, 0.3) is 16.8 Å². The number of hydrogen-bond acceptors (Lipinski definition) is 5. The number of methoxy groups -OCH3 is 1. The van der Waals surface area contributed by atoms with E-state index < -0.39 is 11.7 Å². The Kier molecular flexibility index (Phi) is 4.88. The summed E-state index contributed by atoms with van der Waals surface area (Å²) in [6.45, 7) is 4.65. The number of nitrogens with two attached hydrogens (primary N) is 1. The monoisotopic (exact) mass is 419 g/mol. The largest absolute Gasteiger partial charge is 0.493 e. The summed E-state index contributed by atoms with van der Waals surface area (Å²) in [5, 5.41) is 0. The number of ether oxygens (including phenoxy) is 1. The van der Waals surface area contributed by atoms with Crippen LogP contribution >= 0.6 is 0 Å². The van der Waals surface area contributed by atoms with Crippen LogP contribution in [0.2, 0.25) is 0 Å². The van der Waals surface area contributed by atoms with Crippen molar-refractivity contribution in [3.05, 3.63) is 42.0 Å². The highest BCUT2D eigenvalue weighted by Crippen LogP contribution is 2.39. The van der Waals surface area contributed by atoms with Gasteiger partial charge in [-0.25, -0.2) is 9.97 Å². The topological polar surface area (TPSA) is 68.7 Å². The molecular formula is C21H24F3N5O. The highest BCUT2D eigenvalue weighted by molar-refractivity contribution is 5.71. The van der Waals surface area contributed by atoms with Gasteiger partial charge in [-0.3, -0.25) is 0 Å². The maximum Gasteiger partial charge on any atom is 0.419 e. The van der Waals surface area contributed by atoms with E-state index in [1.807, 2.05) is 13.8 Å². The molecule has 3 aromatic heterocycles. The van der Waals surface area contributed by atoms with E-state index in [1.54, 1.807) is 27.8 Å². The molecule has 0 aromatic carbocycles. The molecule has 4 rings (SSSR count). The van der Waals surface area contributed by atoms with Crippen molar-refractivity contribution in [2.45, 2.75) is 38.4 Å². The van der Waals surface area contributed by atoms with Crippen molar-refractivity contribution in [3.8, 4) is 16.9 Å². The molecule has 30 heavy (non-hydrogen) atoms. The molecule has 160 valence electrons. The molecule has 0 radical (unpaired) electrons. The molecule has 3 aromatic rings. The molecule has 0 amide bonds. The van der Waals surface area contributed by atoms with Crippen LogP contribution in [0.15, 0.2) is 30.7 Å². The SMILES string of the molecule is COc1cc(-c2cnc(N3CCC(C)(N)CC3)c(C(F)(F)F)c2)cn2cc(C)nc12. The van der Waals surface area contributed by atoms with Gasteiger partial charge in [-0.05, 0) is 38.8 Å². The molecule has 1 saturated heterocycles. The number of alkyl halides is 3. The van der Waals surface area contributed by atoms with Gasteiger partial charge in [-0.1, -0.05) is 0 Å². The Bertz CT molecular complexity index is 1080. The van der Waals surface area contributed by atoms with Gasteiger partial charge in [0.2, 0.25) is 0 Å². The van der Waals surface area contributed by atoms with E-state index in [1.165, 1.54) is 13.3 Å². The number of pyridine rings is 2. The van der Waals surface area contributed by atoms with Crippen molar-refractivity contribution in [1.82, 2.24) is 14.4 Å². The van der Waals surface area contributed by atoms with Crippen molar-refractivity contribution < 1.29 is 17.9 Å². The Balaban J connectivity index is 1.78. The average molecular weight is 419 g/mol. The number of fused-ring (bicyclic) bond motifs is 1. The van der Waals surface area contributed by atoms with Gasteiger partial charge < -0.3 is 19.8 Å². The van der Waals surface area contributed by atoms with Gasteiger partial charge in [0.25, 0.3) is 0 Å². The lowest BCUT2D eigenvalue weighted by Gasteiger charge is -2.38. The zero-order valence-electron chi connectivity index (χ0n) is 17.1. The van der Waals surface area contributed by atoms with Gasteiger partial charge in [0.05, 0.1) is 18.4 Å². The normalized spacial score (nSPS) is 16.8. The van der Waals surface area contributed by atoms with Gasteiger partial charge >= 0.3 is 6.18 Å². The third kappa shape index (κ3) is 3.81. The molecule has 0 aliphatic carbocycles. The molecule has 6 nitrogen and oxygen atoms in total. The summed E-state index contributed by atoms with van der Waals surface area (Å²) in [6.07, 6.45) is 1.71. The zero-order chi connectivity index (χ0) is 21.7. The fraction of sp³-hybridized carbons (Fsp3) is 0.429. The summed E-state index contributed by atoms with van der Waals surface area (Å²) in [5.74, 6) is 0.435. The number of hydrogen-bond donors (Lipinski definition) is 1. The van der Waals surface area contributed by atoms with Crippen LogP contribution in [-0.4, -0.2) is 40.1 Å². The molecule has 0 bridgehead atoms. The van der Waals surface area contributed by atoms with E-state index in [0.717, 1.165) is 11.8 Å². The quantitative estimate of drug-likeness (QED) is 0.694. The molecule has 4 heterocycles. The molecule has 1 aliphatic rings. The van der Waals surface area contributed by atoms with Gasteiger partial charge in [0.15, 0.2) is 11.4 Å². The molecule has 9 heteroatoms. The molecule has 0 unspecified atom stereocenters. The predicted octanol–water partition coefficient (Wildman–Crippen LogP) is 4.05. The first-order valence-corrected chi connectivity index (χ1v) is 9.72. The lowest BCUT2D eigenvalue weighted by molar-refractivity contribution is -0.137. The van der Waals surface area contributed by atoms with Gasteiger partial charge in [-0.15, -0.1) is 0 Å². The maximum absolute atomic E-state index is 13.9. The van der Waals surface area contributed by atoms with Gasteiger partial charge in [0, 0.05) is 48.3 Å². The fourth-order valence-electron chi connectivity index (χ4n) is 3.80. The van der Waals surface area contributed by atoms with Crippen LogP contribution in [0, 0.1) is 6.92 Å². The van der Waals surface area contributed by atoms with E-state index in [0.29, 0.717) is 48.5 Å². The van der Waals surface area contributed by atoms with Gasteiger partial charge in [-0.2, -0.15) is 13.2 Å². The fourth-order valence-corrected chi connectivity index (χ4v) is 3.80. The lowest BCUT2D eigenvalue weighted by atomic mass is 9.91. The van der Waals surface area contributed by atoms with Crippen LogP contribution in [-0.2, 0) is 6.18 Å². The van der Waals surface area contributed by atoms with Crippen LogP contribution in [0.1, 0.15) is 31.0 Å². The smallest absolute Gasteiger partial charge is 0.419 e. The van der Waals surface area contributed by atoms with Crippen molar-refractivity contribution in [3.63, 3.8) is 0 Å². The predicted molar refractivity (Wildman–Crippen MR) is 109 cm³/mol. The minimum absolute atomic E-state index is 0.0479. The Labute approximate surface area is 172 Å². The molecular weight excluding hydrogens is 395 g/mol. The summed E-state index contributed by atoms with van der Waals surface area (Å²) in [4.78, 5) is 10.3. The minimum Gasteiger partial charge on any atom is -0.493 e. The highest BCUT2D eigenvalue weighted by atomic mass is 19.4. The molecule has 2 N–H and O–H groups in total. The van der Waals surface area contributed by atoms with Crippen LogP contribution in [0.5, 0.6) is 5.75 Å². The van der Waals surface area contributed by atoms with Crippen LogP contribution in [0.4, 0.5) is 19.0 Å². The molecule has 1 aliphatic heterocycles. The van der Waals surface area contributed by atoms with E-state index in [2.05, 4.69) is 9.97 Å². The number of aryl methyl sites for hydroxylation is 1. The van der Waals surface area contributed by atoms with Gasteiger partial charge in [0.1, 0.15) is 5.82 Å². The second kappa shape index (κ2) is 7.16. The van der Waals surface area contributed by atoms with Crippen molar-refractivity contribution in [2.75, 3.05) is 25.1 Å². The number of imidazole rings is 1. The van der Waals surface area contributed by atoms with E-state index in [9.17, 15) is 13.2 Å². The Morgan fingerprint density at radius 1 is 1.13 bits per heavy atom. The summed E-state index contributed by atoms with van der Waals surface area (Å²) in [7, 11) is 1.51. The lowest BCUT2D eigenvalue weighted by Crippen LogP contribution is -2.48. The second-order valence-electron chi connectivity index (χ2n) is 8.14. The van der Waals surface area contributed by atoms with Crippen molar-refractivity contribution in [2.24, 2.45) is 5.73 Å². The van der Waals surface area contributed by atoms with E-state index >= 15 is 0 Å². The van der Waals surface area contributed by atoms with Crippen LogP contribution < -0.4 is 15.4 Å². The number of anilines is 1. The zero-order valence-corrected chi connectivity index (χ0v) is 17.1. The first-order chi connectivity index (χ1) is 14.1. The number of halogens is 3. The average Bonchev–Trinajstić information content (AvgIpc) is 3.06. The van der Waals surface area contributed by atoms with E-state index in [-0.39, 0.29) is 11.4 Å². The number of aromatic nitrogens is 3. The van der Waals surface area contributed by atoms with Crippen molar-refractivity contribution in [1.29, 1.82) is 0 Å². The second-order valence-corrected chi connectivity index (χ2v) is 8.14. The first kappa shape index (κ1) is 20.5. The Hall–Kier alpha value is -2.81. The summed E-state index contributed by atoms with van der Waals surface area (Å²) < 4.78 is 48.9. The number of piperidine rings is 1. The molecule has 0 atom stereocenters.